The monoisotopic (exact) mass is 332 g/mol. The van der Waals surface area contributed by atoms with Gasteiger partial charge in [0.05, 0.1) is 0 Å². The second-order valence-electron chi connectivity index (χ2n) is 1.91. The fourth-order valence-electron chi connectivity index (χ4n) is 0.552. The normalized spacial score (nSPS) is 27.7. The number of hydrogen-bond donors (Lipinski definition) is 2. The minimum atomic E-state index is 0. The Kier molecular flexibility index (Phi) is 16.1. The summed E-state index contributed by atoms with van der Waals surface area (Å²) >= 11 is 2.14. The first-order chi connectivity index (χ1) is 3.80. The molecule has 1 aliphatic carbocycles. The molecule has 0 radical (unpaired) electrons. The average molecular weight is 332 g/mol. The summed E-state index contributed by atoms with van der Waals surface area (Å²) in [6, 6.07) is 0.620. The molecule has 2 unspecified atom stereocenters. The SMILES string of the molecule is NC1CCC1N.O.O.[CH3][Pt]. The molecule has 0 aromatic carbocycles. The molecule has 0 aromatic heterocycles. The first-order valence-electron chi connectivity index (χ1n) is 2.63. The van der Waals surface area contributed by atoms with Gasteiger partial charge in [-0.05, 0) is 12.8 Å². The van der Waals surface area contributed by atoms with Crippen molar-refractivity contribution in [1.29, 1.82) is 0 Å². The van der Waals surface area contributed by atoms with Gasteiger partial charge in [0.2, 0.25) is 0 Å². The molecule has 0 heterocycles. The van der Waals surface area contributed by atoms with Gasteiger partial charge in [-0.3, -0.25) is 0 Å². The van der Waals surface area contributed by atoms with E-state index in [4.69, 9.17) is 11.5 Å². The van der Waals surface area contributed by atoms with E-state index in [1.165, 1.54) is 0 Å². The van der Waals surface area contributed by atoms with Gasteiger partial charge < -0.3 is 22.4 Å². The van der Waals surface area contributed by atoms with Gasteiger partial charge >= 0.3 is 25.1 Å². The fraction of sp³-hybridized carbons (Fsp3) is 1.00. The quantitative estimate of drug-likeness (QED) is 0.554. The van der Waals surface area contributed by atoms with Crippen LogP contribution in [0.2, 0.25) is 5.31 Å². The number of rotatable bonds is 0. The molecule has 10 heavy (non-hydrogen) atoms. The Hall–Kier alpha value is 0.528. The van der Waals surface area contributed by atoms with Crippen LogP contribution in [0, 0.1) is 0 Å². The molecule has 0 spiro atoms. The van der Waals surface area contributed by atoms with Crippen molar-refractivity contribution in [2.75, 3.05) is 0 Å². The maximum atomic E-state index is 5.40. The van der Waals surface area contributed by atoms with E-state index in [1.54, 1.807) is 0 Å². The van der Waals surface area contributed by atoms with Gasteiger partial charge in [0.25, 0.3) is 0 Å². The summed E-state index contributed by atoms with van der Waals surface area (Å²) in [6.45, 7) is 0. The van der Waals surface area contributed by atoms with Crippen molar-refractivity contribution < 1.29 is 30.8 Å². The standard InChI is InChI=1S/C4H10N2.CH3.2H2O.Pt/c5-3-1-2-4(3)6;;;;/h3-4H,1-2,5-6H2;1H3;2*1H2;. The Morgan fingerprint density at radius 3 is 1.20 bits per heavy atom. The number of hydrogen-bond acceptors (Lipinski definition) is 2. The fourth-order valence-corrected chi connectivity index (χ4v) is 0.552. The molecule has 0 saturated heterocycles. The van der Waals surface area contributed by atoms with Gasteiger partial charge in [-0.15, -0.1) is 0 Å². The van der Waals surface area contributed by atoms with Gasteiger partial charge in [0, 0.05) is 12.1 Å². The maximum absolute atomic E-state index is 5.40. The Labute approximate surface area is 72.9 Å². The summed E-state index contributed by atoms with van der Waals surface area (Å²) in [6.07, 6.45) is 2.25. The van der Waals surface area contributed by atoms with Crippen LogP contribution in [0.15, 0.2) is 0 Å². The van der Waals surface area contributed by atoms with Gasteiger partial charge in [0.1, 0.15) is 0 Å². The Bertz CT molecular complexity index is 57.6. The van der Waals surface area contributed by atoms with Crippen LogP contribution in [0.5, 0.6) is 0 Å². The van der Waals surface area contributed by atoms with E-state index < -0.39 is 0 Å². The molecule has 1 fully saturated rings. The zero-order valence-electron chi connectivity index (χ0n) is 6.04. The van der Waals surface area contributed by atoms with Crippen LogP contribution in [-0.2, 0) is 19.8 Å². The van der Waals surface area contributed by atoms with E-state index in [0.29, 0.717) is 12.1 Å². The minimum absolute atomic E-state index is 0. The van der Waals surface area contributed by atoms with Crippen LogP contribution in [0.4, 0.5) is 0 Å². The van der Waals surface area contributed by atoms with E-state index in [9.17, 15) is 0 Å². The van der Waals surface area contributed by atoms with Crippen LogP contribution in [0.3, 0.4) is 0 Å². The second kappa shape index (κ2) is 9.53. The summed E-state index contributed by atoms with van der Waals surface area (Å²) in [5, 5.41) is 1.97. The predicted octanol–water partition coefficient (Wildman–Crippen LogP) is -1.63. The third kappa shape index (κ3) is 5.32. The van der Waals surface area contributed by atoms with E-state index >= 15 is 0 Å². The Morgan fingerprint density at radius 2 is 1.20 bits per heavy atom. The van der Waals surface area contributed by atoms with Crippen molar-refractivity contribution in [3.05, 3.63) is 0 Å². The van der Waals surface area contributed by atoms with Crippen LogP contribution in [0.1, 0.15) is 12.8 Å². The summed E-state index contributed by atoms with van der Waals surface area (Å²) in [5.74, 6) is 0. The molecule has 1 rings (SSSR count). The second-order valence-corrected chi connectivity index (χ2v) is 1.91. The molecular weight excluding hydrogens is 315 g/mol. The molecule has 69 valence electrons. The van der Waals surface area contributed by atoms with E-state index in [-0.39, 0.29) is 11.0 Å². The summed E-state index contributed by atoms with van der Waals surface area (Å²) in [5.41, 5.74) is 10.8. The molecule has 0 bridgehead atoms. The molecule has 0 aliphatic heterocycles. The summed E-state index contributed by atoms with van der Waals surface area (Å²) < 4.78 is 0. The molecule has 4 nitrogen and oxygen atoms in total. The third-order valence-electron chi connectivity index (χ3n) is 1.38. The summed E-state index contributed by atoms with van der Waals surface area (Å²) in [7, 11) is 0. The van der Waals surface area contributed by atoms with Crippen molar-refractivity contribution in [1.82, 2.24) is 0 Å². The third-order valence-corrected chi connectivity index (χ3v) is 1.38. The molecule has 8 N–H and O–H groups in total. The Balaban J connectivity index is -0.000000114. The molecule has 2 atom stereocenters. The molecular formula is C5H17N2O2Pt. The van der Waals surface area contributed by atoms with Gasteiger partial charge in [-0.25, -0.2) is 0 Å². The molecule has 0 amide bonds. The first-order valence-corrected chi connectivity index (χ1v) is 4.90. The van der Waals surface area contributed by atoms with Crippen LogP contribution in [-0.4, -0.2) is 23.0 Å². The average Bonchev–Trinajstić information content (AvgIpc) is 1.88. The topological polar surface area (TPSA) is 115 Å². The van der Waals surface area contributed by atoms with E-state index in [0.717, 1.165) is 12.8 Å². The number of nitrogens with two attached hydrogens (primary N) is 2. The first kappa shape index (κ1) is 16.9. The molecule has 0 aromatic rings. The van der Waals surface area contributed by atoms with E-state index in [2.05, 4.69) is 19.8 Å². The zero-order chi connectivity index (χ0) is 6.57. The van der Waals surface area contributed by atoms with Gasteiger partial charge in [0.15, 0.2) is 0 Å². The van der Waals surface area contributed by atoms with Crippen LogP contribution >= 0.6 is 0 Å². The molecule has 5 heteroatoms. The zero-order valence-corrected chi connectivity index (χ0v) is 8.31. The van der Waals surface area contributed by atoms with E-state index in [1.807, 2.05) is 5.31 Å². The van der Waals surface area contributed by atoms with Crippen LogP contribution < -0.4 is 11.5 Å². The van der Waals surface area contributed by atoms with Gasteiger partial charge in [-0.1, -0.05) is 0 Å². The summed E-state index contributed by atoms with van der Waals surface area (Å²) in [4.78, 5) is 0. The van der Waals surface area contributed by atoms with Crippen molar-refractivity contribution >= 4 is 0 Å². The van der Waals surface area contributed by atoms with Crippen molar-refractivity contribution in [2.45, 2.75) is 30.2 Å². The molecule has 1 aliphatic rings. The van der Waals surface area contributed by atoms with Crippen LogP contribution in [0.25, 0.3) is 0 Å². The van der Waals surface area contributed by atoms with Gasteiger partial charge in [-0.2, -0.15) is 0 Å². The van der Waals surface area contributed by atoms with Crippen molar-refractivity contribution in [3.8, 4) is 0 Å². The van der Waals surface area contributed by atoms with Crippen molar-refractivity contribution in [3.63, 3.8) is 0 Å². The molecule has 1 saturated carbocycles. The Morgan fingerprint density at radius 1 is 1.00 bits per heavy atom. The van der Waals surface area contributed by atoms with Crippen molar-refractivity contribution in [2.24, 2.45) is 11.5 Å². The predicted molar refractivity (Wildman–Crippen MR) is 38.3 cm³/mol.